The van der Waals surface area contributed by atoms with Crippen molar-refractivity contribution < 1.29 is 0 Å². The van der Waals surface area contributed by atoms with Crippen molar-refractivity contribution in [1.82, 2.24) is 9.55 Å². The van der Waals surface area contributed by atoms with Gasteiger partial charge in [-0.25, -0.2) is 0 Å². The second-order valence-corrected chi connectivity index (χ2v) is 14.9. The summed E-state index contributed by atoms with van der Waals surface area (Å²) in [6, 6.07) is 31.6. The van der Waals surface area contributed by atoms with Gasteiger partial charge in [-0.3, -0.25) is 4.98 Å². The summed E-state index contributed by atoms with van der Waals surface area (Å²) in [5.41, 5.74) is 13.7. The first-order valence-electron chi connectivity index (χ1n) is 19.2. The molecule has 0 aliphatic heterocycles. The molecule has 2 heterocycles. The summed E-state index contributed by atoms with van der Waals surface area (Å²) in [6.07, 6.45) is 27.8. The van der Waals surface area contributed by atoms with Crippen molar-refractivity contribution in [2.24, 2.45) is 5.92 Å². The van der Waals surface area contributed by atoms with Gasteiger partial charge in [0.2, 0.25) is 0 Å². The molecule has 2 saturated carbocycles. The summed E-state index contributed by atoms with van der Waals surface area (Å²) in [6.45, 7) is 6.80. The average Bonchev–Trinajstić information content (AvgIpc) is 3.51. The minimum atomic E-state index is 0.270. The van der Waals surface area contributed by atoms with Crippen LogP contribution in [-0.4, -0.2) is 9.55 Å². The van der Waals surface area contributed by atoms with Crippen molar-refractivity contribution in [3.8, 4) is 28.1 Å². The molecule has 5 aromatic rings. The first-order valence-corrected chi connectivity index (χ1v) is 19.2. The summed E-state index contributed by atoms with van der Waals surface area (Å²) in [5, 5.41) is 1.36. The molecule has 0 N–H and O–H groups in total. The third kappa shape index (κ3) is 6.61. The van der Waals surface area contributed by atoms with Gasteiger partial charge in [-0.1, -0.05) is 130 Å². The number of hydrogen-bond acceptors (Lipinski definition) is 1. The highest BCUT2D eigenvalue weighted by atomic mass is 15.0. The Morgan fingerprint density at radius 2 is 1.54 bits per heavy atom. The van der Waals surface area contributed by atoms with Gasteiger partial charge in [-0.2, -0.15) is 0 Å². The molecule has 3 aliphatic carbocycles. The number of nitrogens with zero attached hydrogens (tertiary/aromatic N) is 2. The predicted octanol–water partition coefficient (Wildman–Crippen LogP) is 13.6. The summed E-state index contributed by atoms with van der Waals surface area (Å²) >= 11 is 0. The van der Waals surface area contributed by atoms with Gasteiger partial charge in [-0.15, -0.1) is 0 Å². The highest BCUT2D eigenvalue weighted by molar-refractivity contribution is 5.96. The van der Waals surface area contributed by atoms with Crippen LogP contribution in [0, 0.1) is 5.92 Å². The fourth-order valence-corrected chi connectivity index (χ4v) is 8.87. The maximum Gasteiger partial charge on any atom is 0.0711 e. The van der Waals surface area contributed by atoms with Crippen LogP contribution >= 0.6 is 0 Å². The Hall–Kier alpha value is -4.69. The molecule has 1 atom stereocenters. The van der Waals surface area contributed by atoms with Crippen LogP contribution in [0.3, 0.4) is 0 Å². The molecule has 0 spiro atoms. The van der Waals surface area contributed by atoms with Crippen molar-refractivity contribution >= 4 is 23.1 Å². The molecule has 2 heteroatoms. The van der Waals surface area contributed by atoms with Gasteiger partial charge in [0.1, 0.15) is 0 Å². The molecule has 0 amide bonds. The van der Waals surface area contributed by atoms with Crippen LogP contribution < -0.4 is 0 Å². The van der Waals surface area contributed by atoms with E-state index in [9.17, 15) is 0 Å². The van der Waals surface area contributed by atoms with Crippen molar-refractivity contribution in [2.45, 2.75) is 89.4 Å². The lowest BCUT2D eigenvalue weighted by Gasteiger charge is -2.23. The Morgan fingerprint density at radius 3 is 2.30 bits per heavy atom. The Kier molecular flexibility index (Phi) is 9.53. The molecule has 252 valence electrons. The molecule has 0 unspecified atom stereocenters. The van der Waals surface area contributed by atoms with Crippen molar-refractivity contribution in [3.05, 3.63) is 144 Å². The van der Waals surface area contributed by atoms with Crippen LogP contribution in [0.2, 0.25) is 0 Å². The van der Waals surface area contributed by atoms with E-state index in [1.54, 1.807) is 0 Å². The number of pyridine rings is 1. The second-order valence-electron chi connectivity index (χ2n) is 14.9. The average molecular weight is 655 g/mol. The third-order valence-corrected chi connectivity index (χ3v) is 11.7. The van der Waals surface area contributed by atoms with Crippen LogP contribution in [0.25, 0.3) is 51.1 Å². The Morgan fingerprint density at radius 1 is 0.760 bits per heavy atom. The van der Waals surface area contributed by atoms with E-state index >= 15 is 0 Å². The van der Waals surface area contributed by atoms with Gasteiger partial charge >= 0.3 is 0 Å². The van der Waals surface area contributed by atoms with Gasteiger partial charge in [0.15, 0.2) is 0 Å². The smallest absolute Gasteiger partial charge is 0.0711 e. The number of benzene rings is 3. The van der Waals surface area contributed by atoms with E-state index in [1.807, 2.05) is 0 Å². The SMILES string of the molecule is C=Cc1c(/C=C(\C)C2CCCCC2)c2cc(C3CCCCC3)ccc2n1-c1cccc(-c2cc(-c3ccccc3)nc([C@H]3C=CC=CC3)c2)c1. The standard InChI is InChI=1S/C48H50N2/c1-3-47-43(29-34(2)35-17-8-4-9-18-35)44-31-40(36-19-10-5-11-20-36)27-28-48(44)50(47)42-26-16-25-39(30-42)41-32-45(37-21-12-6-13-22-37)49-46(33-41)38-23-14-7-15-24-38/h3,6-7,12-16,21-23,25-33,35-36,38H,1,4-5,8-11,17-20,24H2,2H3/b34-29+/t38-/m0/s1. The van der Waals surface area contributed by atoms with Gasteiger partial charge in [-0.05, 0) is 110 Å². The fourth-order valence-electron chi connectivity index (χ4n) is 8.87. The summed E-state index contributed by atoms with van der Waals surface area (Å²) in [5.74, 6) is 1.61. The van der Waals surface area contributed by atoms with Crippen LogP contribution in [0.15, 0.2) is 121 Å². The van der Waals surface area contributed by atoms with E-state index in [-0.39, 0.29) is 5.92 Å². The monoisotopic (exact) mass is 654 g/mol. The number of rotatable bonds is 8. The Labute approximate surface area is 299 Å². The zero-order valence-electron chi connectivity index (χ0n) is 29.7. The molecule has 2 fully saturated rings. The first-order chi connectivity index (χ1) is 24.7. The van der Waals surface area contributed by atoms with Crippen LogP contribution in [0.1, 0.15) is 112 Å². The number of allylic oxidation sites excluding steroid dienone is 5. The van der Waals surface area contributed by atoms with E-state index in [2.05, 4.69) is 139 Å². The minimum Gasteiger partial charge on any atom is -0.309 e. The zero-order chi connectivity index (χ0) is 33.9. The summed E-state index contributed by atoms with van der Waals surface area (Å²) < 4.78 is 2.46. The first kappa shape index (κ1) is 32.5. The van der Waals surface area contributed by atoms with E-state index in [1.165, 1.54) is 114 Å². The normalized spacial score (nSPS) is 18.9. The van der Waals surface area contributed by atoms with E-state index in [0.29, 0.717) is 11.8 Å². The maximum absolute atomic E-state index is 5.21. The van der Waals surface area contributed by atoms with Crippen molar-refractivity contribution in [2.75, 3.05) is 0 Å². The maximum atomic E-state index is 5.21. The lowest BCUT2D eigenvalue weighted by Crippen LogP contribution is -2.07. The van der Waals surface area contributed by atoms with Gasteiger partial charge < -0.3 is 4.57 Å². The molecular weight excluding hydrogens is 605 g/mol. The highest BCUT2D eigenvalue weighted by Gasteiger charge is 2.22. The zero-order valence-corrected chi connectivity index (χ0v) is 29.7. The van der Waals surface area contributed by atoms with Gasteiger partial charge in [0.05, 0.1) is 16.9 Å². The fraction of sp³-hybridized carbons (Fsp3) is 0.312. The Balaban J connectivity index is 1.27. The summed E-state index contributed by atoms with van der Waals surface area (Å²) in [4.78, 5) is 5.21. The lowest BCUT2D eigenvalue weighted by molar-refractivity contribution is 0.404. The molecule has 0 radical (unpaired) electrons. The third-order valence-electron chi connectivity index (χ3n) is 11.7. The second kappa shape index (κ2) is 14.7. The van der Waals surface area contributed by atoms with E-state index in [0.717, 1.165) is 23.4 Å². The number of hydrogen-bond donors (Lipinski definition) is 0. The molecule has 0 bridgehead atoms. The van der Waals surface area contributed by atoms with E-state index in [4.69, 9.17) is 4.98 Å². The molecule has 8 rings (SSSR count). The predicted molar refractivity (Wildman–Crippen MR) is 214 cm³/mol. The summed E-state index contributed by atoms with van der Waals surface area (Å²) in [7, 11) is 0. The molecule has 2 nitrogen and oxygen atoms in total. The molecule has 50 heavy (non-hydrogen) atoms. The Bertz CT molecular complexity index is 2080. The van der Waals surface area contributed by atoms with Gasteiger partial charge in [0, 0.05) is 33.8 Å². The van der Waals surface area contributed by atoms with Crippen molar-refractivity contribution in [3.63, 3.8) is 0 Å². The quantitative estimate of drug-likeness (QED) is 0.163. The van der Waals surface area contributed by atoms with E-state index < -0.39 is 0 Å². The molecule has 3 aromatic carbocycles. The van der Waals surface area contributed by atoms with Crippen LogP contribution in [0.4, 0.5) is 0 Å². The van der Waals surface area contributed by atoms with Gasteiger partial charge in [0.25, 0.3) is 0 Å². The topological polar surface area (TPSA) is 17.8 Å². The molecule has 3 aliphatic rings. The highest BCUT2D eigenvalue weighted by Crippen LogP contribution is 2.40. The largest absolute Gasteiger partial charge is 0.309 e. The van der Waals surface area contributed by atoms with Crippen LogP contribution in [-0.2, 0) is 0 Å². The molecule has 0 saturated heterocycles. The molecular formula is C48H50N2. The lowest BCUT2D eigenvalue weighted by atomic mass is 9.83. The minimum absolute atomic E-state index is 0.270. The molecule has 2 aromatic heterocycles. The van der Waals surface area contributed by atoms with Crippen molar-refractivity contribution in [1.29, 1.82) is 0 Å². The van der Waals surface area contributed by atoms with Crippen LogP contribution in [0.5, 0.6) is 0 Å². The number of fused-ring (bicyclic) bond motifs is 1. The number of aromatic nitrogens is 2.